The summed E-state index contributed by atoms with van der Waals surface area (Å²) in [4.78, 5) is 23.6. The van der Waals surface area contributed by atoms with Crippen molar-refractivity contribution in [2.75, 3.05) is 24.5 Å². The maximum atomic E-state index is 12.5. The van der Waals surface area contributed by atoms with E-state index >= 15 is 0 Å². The highest BCUT2D eigenvalue weighted by Crippen LogP contribution is 2.22. The largest absolute Gasteiger partial charge is 0.355 e. The van der Waals surface area contributed by atoms with Gasteiger partial charge in [0, 0.05) is 38.6 Å². The van der Waals surface area contributed by atoms with E-state index in [2.05, 4.69) is 25.3 Å². The first-order valence-electron chi connectivity index (χ1n) is 8.93. The Labute approximate surface area is 148 Å². The average molecular weight is 342 g/mol. The van der Waals surface area contributed by atoms with Crippen LogP contribution in [-0.4, -0.2) is 45.3 Å². The van der Waals surface area contributed by atoms with Crippen molar-refractivity contribution in [3.63, 3.8) is 0 Å². The van der Waals surface area contributed by atoms with Crippen LogP contribution in [0.15, 0.2) is 18.5 Å². The lowest BCUT2D eigenvalue weighted by molar-refractivity contribution is 0.0935. The molecule has 7 heteroatoms. The van der Waals surface area contributed by atoms with Gasteiger partial charge in [-0.25, -0.2) is 4.98 Å². The Morgan fingerprint density at radius 1 is 1.32 bits per heavy atom. The van der Waals surface area contributed by atoms with E-state index in [1.54, 1.807) is 17.1 Å². The number of hydrogen-bond donors (Lipinski definition) is 1. The normalized spacial score (nSPS) is 17.6. The number of carbonyl (C=O) groups excluding carboxylic acids is 1. The van der Waals surface area contributed by atoms with Crippen molar-refractivity contribution in [1.29, 1.82) is 0 Å². The number of carbonyl (C=O) groups is 1. The van der Waals surface area contributed by atoms with Crippen LogP contribution in [0, 0.1) is 19.8 Å². The van der Waals surface area contributed by atoms with Crippen LogP contribution in [-0.2, 0) is 6.54 Å². The van der Waals surface area contributed by atoms with E-state index in [-0.39, 0.29) is 5.91 Å². The molecular weight excluding hydrogens is 316 g/mol. The van der Waals surface area contributed by atoms with Gasteiger partial charge in [-0.1, -0.05) is 0 Å². The monoisotopic (exact) mass is 342 g/mol. The number of amides is 1. The fraction of sp³-hybridized carbons (Fsp3) is 0.556. The fourth-order valence-electron chi connectivity index (χ4n) is 3.43. The predicted octanol–water partition coefficient (Wildman–Crippen LogP) is 1.96. The summed E-state index contributed by atoms with van der Waals surface area (Å²) in [6.45, 7) is 9.14. The first-order chi connectivity index (χ1) is 12.1. The number of aryl methyl sites for hydroxylation is 3. The van der Waals surface area contributed by atoms with Crippen LogP contribution in [0.2, 0.25) is 0 Å². The zero-order chi connectivity index (χ0) is 17.8. The van der Waals surface area contributed by atoms with E-state index in [0.29, 0.717) is 24.7 Å². The molecule has 0 saturated carbocycles. The fourth-order valence-corrected chi connectivity index (χ4v) is 3.43. The molecule has 7 nitrogen and oxygen atoms in total. The minimum absolute atomic E-state index is 0.0461. The van der Waals surface area contributed by atoms with Crippen molar-refractivity contribution in [3.05, 3.63) is 35.5 Å². The molecule has 1 N–H and O–H groups in total. The molecule has 1 unspecified atom stereocenters. The summed E-state index contributed by atoms with van der Waals surface area (Å²) in [5.41, 5.74) is 2.46. The van der Waals surface area contributed by atoms with Gasteiger partial charge in [0.15, 0.2) is 0 Å². The smallest absolute Gasteiger partial charge is 0.269 e. The molecule has 0 aliphatic carbocycles. The molecule has 2 aromatic heterocycles. The summed E-state index contributed by atoms with van der Waals surface area (Å²) < 4.78 is 1.75. The number of hydrogen-bond acceptors (Lipinski definition) is 5. The molecule has 1 atom stereocenters. The SMILES string of the molecule is CCn1nc(C)cc1C(=O)NCC1CCCN(c2nccnc2C)C1. The lowest BCUT2D eigenvalue weighted by Gasteiger charge is -2.34. The molecule has 0 radical (unpaired) electrons. The molecule has 1 saturated heterocycles. The van der Waals surface area contributed by atoms with E-state index in [1.807, 2.05) is 26.8 Å². The molecule has 25 heavy (non-hydrogen) atoms. The van der Waals surface area contributed by atoms with Crippen LogP contribution >= 0.6 is 0 Å². The third-order valence-electron chi connectivity index (χ3n) is 4.66. The van der Waals surface area contributed by atoms with E-state index in [0.717, 1.165) is 43.1 Å². The molecule has 2 aromatic rings. The van der Waals surface area contributed by atoms with Crippen LogP contribution < -0.4 is 10.2 Å². The second kappa shape index (κ2) is 7.63. The van der Waals surface area contributed by atoms with Gasteiger partial charge in [0.1, 0.15) is 11.5 Å². The Balaban J connectivity index is 1.60. The number of nitrogens with one attached hydrogen (secondary N) is 1. The second-order valence-corrected chi connectivity index (χ2v) is 6.62. The lowest BCUT2D eigenvalue weighted by Crippen LogP contribution is -2.42. The Bertz CT molecular complexity index is 741. The van der Waals surface area contributed by atoms with Crippen molar-refractivity contribution in [2.24, 2.45) is 5.92 Å². The number of aromatic nitrogens is 4. The van der Waals surface area contributed by atoms with E-state index in [9.17, 15) is 4.79 Å². The Kier molecular flexibility index (Phi) is 5.31. The molecule has 1 aliphatic heterocycles. The minimum Gasteiger partial charge on any atom is -0.355 e. The van der Waals surface area contributed by atoms with Crippen LogP contribution in [0.5, 0.6) is 0 Å². The zero-order valence-corrected chi connectivity index (χ0v) is 15.2. The van der Waals surface area contributed by atoms with E-state index < -0.39 is 0 Å². The Morgan fingerprint density at radius 2 is 2.12 bits per heavy atom. The van der Waals surface area contributed by atoms with Gasteiger partial charge in [-0.2, -0.15) is 5.10 Å². The zero-order valence-electron chi connectivity index (χ0n) is 15.2. The van der Waals surface area contributed by atoms with Gasteiger partial charge in [-0.15, -0.1) is 0 Å². The predicted molar refractivity (Wildman–Crippen MR) is 96.7 cm³/mol. The number of rotatable bonds is 5. The topological polar surface area (TPSA) is 75.9 Å². The van der Waals surface area contributed by atoms with Crippen molar-refractivity contribution >= 4 is 11.7 Å². The second-order valence-electron chi connectivity index (χ2n) is 6.62. The van der Waals surface area contributed by atoms with Crippen LogP contribution in [0.25, 0.3) is 0 Å². The van der Waals surface area contributed by atoms with Crippen molar-refractivity contribution in [1.82, 2.24) is 25.1 Å². The molecule has 3 rings (SSSR count). The summed E-state index contributed by atoms with van der Waals surface area (Å²) in [5.74, 6) is 1.33. The highest BCUT2D eigenvalue weighted by molar-refractivity contribution is 5.92. The van der Waals surface area contributed by atoms with Crippen molar-refractivity contribution < 1.29 is 4.79 Å². The van der Waals surface area contributed by atoms with E-state index in [4.69, 9.17) is 0 Å². The summed E-state index contributed by atoms with van der Waals surface area (Å²) in [6.07, 6.45) is 5.67. The highest BCUT2D eigenvalue weighted by atomic mass is 16.2. The first kappa shape index (κ1) is 17.4. The van der Waals surface area contributed by atoms with Gasteiger partial charge in [0.2, 0.25) is 0 Å². The molecular formula is C18H26N6O. The summed E-state index contributed by atoms with van der Waals surface area (Å²) in [6, 6.07) is 1.84. The average Bonchev–Trinajstić information content (AvgIpc) is 3.01. The Hall–Kier alpha value is -2.44. The maximum Gasteiger partial charge on any atom is 0.269 e. The standard InChI is InChI=1S/C18H26N6O/c1-4-24-16(10-13(2)22-24)18(25)21-11-15-6-5-9-23(12-15)17-14(3)19-7-8-20-17/h7-8,10,15H,4-6,9,11-12H2,1-3H3,(H,21,25). The quantitative estimate of drug-likeness (QED) is 0.899. The van der Waals surface area contributed by atoms with Crippen molar-refractivity contribution in [2.45, 2.75) is 40.2 Å². The summed E-state index contributed by atoms with van der Waals surface area (Å²) in [7, 11) is 0. The number of nitrogens with zero attached hydrogens (tertiary/aromatic N) is 5. The van der Waals surface area contributed by atoms with Gasteiger partial charge in [0.05, 0.1) is 11.4 Å². The molecule has 1 fully saturated rings. The summed E-state index contributed by atoms with van der Waals surface area (Å²) >= 11 is 0. The maximum absolute atomic E-state index is 12.5. The van der Waals surface area contributed by atoms with Gasteiger partial charge >= 0.3 is 0 Å². The lowest BCUT2D eigenvalue weighted by atomic mass is 9.98. The van der Waals surface area contributed by atoms with Gasteiger partial charge in [-0.05, 0) is 45.6 Å². The highest BCUT2D eigenvalue weighted by Gasteiger charge is 2.23. The molecule has 0 aromatic carbocycles. The molecule has 0 spiro atoms. The molecule has 1 aliphatic rings. The van der Waals surface area contributed by atoms with Gasteiger partial charge in [-0.3, -0.25) is 14.5 Å². The van der Waals surface area contributed by atoms with Gasteiger partial charge in [0.25, 0.3) is 5.91 Å². The molecule has 1 amide bonds. The molecule has 134 valence electrons. The van der Waals surface area contributed by atoms with Crippen LogP contribution in [0.1, 0.15) is 41.6 Å². The van der Waals surface area contributed by atoms with Crippen LogP contribution in [0.4, 0.5) is 5.82 Å². The number of piperidine rings is 1. The summed E-state index contributed by atoms with van der Waals surface area (Å²) in [5, 5.41) is 7.42. The molecule has 3 heterocycles. The van der Waals surface area contributed by atoms with Crippen molar-refractivity contribution in [3.8, 4) is 0 Å². The van der Waals surface area contributed by atoms with Crippen LogP contribution in [0.3, 0.4) is 0 Å². The molecule has 0 bridgehead atoms. The van der Waals surface area contributed by atoms with E-state index in [1.165, 1.54) is 0 Å². The van der Waals surface area contributed by atoms with Gasteiger partial charge < -0.3 is 10.2 Å². The first-order valence-corrected chi connectivity index (χ1v) is 8.93. The minimum atomic E-state index is -0.0461. The number of anilines is 1. The Morgan fingerprint density at radius 3 is 2.88 bits per heavy atom. The third-order valence-corrected chi connectivity index (χ3v) is 4.66. The third kappa shape index (κ3) is 3.97.